The van der Waals surface area contributed by atoms with Gasteiger partial charge in [-0.1, -0.05) is 30.3 Å². The third-order valence-corrected chi connectivity index (χ3v) is 5.83. The van der Waals surface area contributed by atoms with Gasteiger partial charge in [0.15, 0.2) is 0 Å². The van der Waals surface area contributed by atoms with E-state index in [9.17, 15) is 9.59 Å². The Morgan fingerprint density at radius 2 is 1.53 bits per heavy atom. The molecule has 0 unspecified atom stereocenters. The molecule has 1 heterocycles. The van der Waals surface area contributed by atoms with E-state index in [1.807, 2.05) is 30.5 Å². The Morgan fingerprint density at radius 3 is 2.18 bits per heavy atom. The fourth-order valence-corrected chi connectivity index (χ4v) is 3.93. The Labute approximate surface area is 198 Å². The first-order chi connectivity index (χ1) is 16.5. The Morgan fingerprint density at radius 1 is 0.912 bits per heavy atom. The summed E-state index contributed by atoms with van der Waals surface area (Å²) in [5.41, 5.74) is 3.15. The molecule has 7 heteroatoms. The van der Waals surface area contributed by atoms with Gasteiger partial charge in [0, 0.05) is 29.8 Å². The van der Waals surface area contributed by atoms with Crippen molar-refractivity contribution in [3.8, 4) is 11.5 Å². The Hall–Kier alpha value is -4.26. The Balaban J connectivity index is 1.60. The van der Waals surface area contributed by atoms with Crippen LogP contribution < -0.4 is 14.8 Å². The quantitative estimate of drug-likeness (QED) is 0.406. The number of hydrogen-bond donors (Lipinski definition) is 2. The number of amides is 2. The van der Waals surface area contributed by atoms with Gasteiger partial charge in [0.2, 0.25) is 5.91 Å². The van der Waals surface area contributed by atoms with E-state index in [1.54, 1.807) is 69.8 Å². The molecule has 34 heavy (non-hydrogen) atoms. The van der Waals surface area contributed by atoms with Crippen LogP contribution in [0.4, 0.5) is 5.69 Å². The first-order valence-corrected chi connectivity index (χ1v) is 10.9. The lowest BCUT2D eigenvalue weighted by atomic mass is 10.0. The van der Waals surface area contributed by atoms with Crippen LogP contribution in [-0.4, -0.2) is 43.0 Å². The number of carbonyl (C=O) groups is 2. The monoisotopic (exact) mass is 457 g/mol. The molecule has 0 saturated heterocycles. The second-order valence-electron chi connectivity index (χ2n) is 7.93. The summed E-state index contributed by atoms with van der Waals surface area (Å²) in [5.74, 6) is 0.877. The van der Waals surface area contributed by atoms with Gasteiger partial charge in [-0.25, -0.2) is 0 Å². The van der Waals surface area contributed by atoms with Gasteiger partial charge in [-0.3, -0.25) is 9.59 Å². The number of para-hydroxylation sites is 1. The van der Waals surface area contributed by atoms with E-state index < -0.39 is 6.04 Å². The zero-order valence-corrected chi connectivity index (χ0v) is 19.4. The average Bonchev–Trinajstić information content (AvgIpc) is 3.27. The van der Waals surface area contributed by atoms with Crippen LogP contribution in [0.5, 0.6) is 11.5 Å². The molecule has 2 N–H and O–H groups in total. The van der Waals surface area contributed by atoms with Gasteiger partial charge in [0.25, 0.3) is 5.91 Å². The molecule has 0 bridgehead atoms. The first kappa shape index (κ1) is 22.9. The highest BCUT2D eigenvalue weighted by molar-refractivity contribution is 5.98. The number of anilines is 1. The highest BCUT2D eigenvalue weighted by Gasteiger charge is 2.29. The van der Waals surface area contributed by atoms with Crippen molar-refractivity contribution in [3.63, 3.8) is 0 Å². The number of likely N-dealkylation sites (N-methyl/N-ethyl adjacent to an activating group) is 1. The molecule has 0 aliphatic heterocycles. The molecular weight excluding hydrogens is 430 g/mol. The van der Waals surface area contributed by atoms with E-state index in [0.717, 1.165) is 16.5 Å². The molecule has 174 valence electrons. The van der Waals surface area contributed by atoms with Crippen molar-refractivity contribution < 1.29 is 19.1 Å². The van der Waals surface area contributed by atoms with Crippen molar-refractivity contribution in [1.29, 1.82) is 0 Å². The number of nitrogens with zero attached hydrogens (tertiary/aromatic N) is 1. The Bertz CT molecular complexity index is 1280. The van der Waals surface area contributed by atoms with E-state index >= 15 is 0 Å². The van der Waals surface area contributed by atoms with Crippen LogP contribution in [0, 0.1) is 0 Å². The molecule has 1 atom stereocenters. The molecule has 3 aromatic carbocycles. The van der Waals surface area contributed by atoms with Crippen molar-refractivity contribution in [2.24, 2.45) is 0 Å². The number of benzene rings is 3. The third-order valence-electron chi connectivity index (χ3n) is 5.83. The number of ether oxygens (including phenoxy) is 2. The van der Waals surface area contributed by atoms with Gasteiger partial charge < -0.3 is 24.7 Å². The fourth-order valence-electron chi connectivity index (χ4n) is 3.93. The number of aromatic amines is 1. The highest BCUT2D eigenvalue weighted by Crippen LogP contribution is 2.26. The molecule has 0 aliphatic carbocycles. The predicted octanol–water partition coefficient (Wildman–Crippen LogP) is 4.57. The number of fused-ring (bicyclic) bond motifs is 1. The summed E-state index contributed by atoms with van der Waals surface area (Å²) in [6, 6.07) is 21.2. The normalized spacial score (nSPS) is 11.6. The van der Waals surface area contributed by atoms with E-state index in [-0.39, 0.29) is 18.2 Å². The number of carbonyl (C=O) groups excluding carboxylic acids is 2. The molecule has 7 nitrogen and oxygen atoms in total. The van der Waals surface area contributed by atoms with Crippen molar-refractivity contribution in [2.75, 3.05) is 26.6 Å². The summed E-state index contributed by atoms with van der Waals surface area (Å²) in [5, 5.41) is 3.91. The molecule has 4 aromatic rings. The number of methoxy groups -OCH3 is 2. The van der Waals surface area contributed by atoms with Gasteiger partial charge >= 0.3 is 0 Å². The van der Waals surface area contributed by atoms with Crippen LogP contribution in [-0.2, 0) is 16.0 Å². The minimum absolute atomic E-state index is 0.170. The molecule has 0 radical (unpaired) electrons. The second-order valence-corrected chi connectivity index (χ2v) is 7.93. The van der Waals surface area contributed by atoms with Crippen molar-refractivity contribution in [1.82, 2.24) is 9.88 Å². The maximum absolute atomic E-state index is 13.4. The van der Waals surface area contributed by atoms with Crippen LogP contribution in [0.2, 0.25) is 0 Å². The zero-order valence-electron chi connectivity index (χ0n) is 19.4. The van der Waals surface area contributed by atoms with Gasteiger partial charge in [-0.15, -0.1) is 0 Å². The number of aromatic nitrogens is 1. The molecule has 0 fully saturated rings. The standard InChI is InChI=1S/C27H27N3O4/c1-30(25(31)16-19-17-28-24-7-5-4-6-23(19)24)26(18-8-12-21(33-2)13-9-18)27(32)29-20-10-14-22(34-3)15-11-20/h4-15,17,26,28H,16H2,1-3H3,(H,29,32)/t26-/m1/s1. The lowest BCUT2D eigenvalue weighted by Gasteiger charge is -2.28. The summed E-state index contributed by atoms with van der Waals surface area (Å²) in [7, 11) is 4.82. The molecule has 0 saturated carbocycles. The Kier molecular flexibility index (Phi) is 6.82. The van der Waals surface area contributed by atoms with Crippen molar-refractivity contribution in [3.05, 3.63) is 90.1 Å². The molecule has 4 rings (SSSR count). The summed E-state index contributed by atoms with van der Waals surface area (Å²) in [6.07, 6.45) is 2.01. The molecule has 1 aromatic heterocycles. The van der Waals surface area contributed by atoms with Crippen LogP contribution in [0.1, 0.15) is 17.2 Å². The fraction of sp³-hybridized carbons (Fsp3) is 0.185. The SMILES string of the molecule is COc1ccc(NC(=O)[C@@H](c2ccc(OC)cc2)N(C)C(=O)Cc2c[nH]c3ccccc23)cc1. The van der Waals surface area contributed by atoms with E-state index in [4.69, 9.17) is 9.47 Å². The summed E-state index contributed by atoms with van der Waals surface area (Å²) < 4.78 is 10.4. The number of rotatable bonds is 8. The van der Waals surface area contributed by atoms with E-state index in [2.05, 4.69) is 10.3 Å². The van der Waals surface area contributed by atoms with Gasteiger partial charge in [-0.05, 0) is 53.6 Å². The minimum Gasteiger partial charge on any atom is -0.497 e. The maximum Gasteiger partial charge on any atom is 0.251 e. The van der Waals surface area contributed by atoms with E-state index in [1.165, 1.54) is 4.90 Å². The van der Waals surface area contributed by atoms with Gasteiger partial charge in [0.05, 0.1) is 20.6 Å². The smallest absolute Gasteiger partial charge is 0.251 e. The van der Waals surface area contributed by atoms with Gasteiger partial charge in [-0.2, -0.15) is 0 Å². The van der Waals surface area contributed by atoms with Crippen LogP contribution in [0.15, 0.2) is 79.0 Å². The molecule has 0 spiro atoms. The number of H-pyrrole nitrogens is 1. The van der Waals surface area contributed by atoms with Crippen LogP contribution in [0.25, 0.3) is 10.9 Å². The van der Waals surface area contributed by atoms with Gasteiger partial charge in [0.1, 0.15) is 17.5 Å². The number of nitrogens with one attached hydrogen (secondary N) is 2. The maximum atomic E-state index is 13.4. The molecule has 2 amide bonds. The molecular formula is C27H27N3O4. The first-order valence-electron chi connectivity index (χ1n) is 10.9. The molecule has 0 aliphatic rings. The van der Waals surface area contributed by atoms with Crippen LogP contribution in [0.3, 0.4) is 0 Å². The summed E-state index contributed by atoms with van der Waals surface area (Å²) >= 11 is 0. The summed E-state index contributed by atoms with van der Waals surface area (Å²) in [6.45, 7) is 0. The number of hydrogen-bond acceptors (Lipinski definition) is 4. The predicted molar refractivity (Wildman–Crippen MR) is 132 cm³/mol. The van der Waals surface area contributed by atoms with Crippen molar-refractivity contribution >= 4 is 28.4 Å². The lowest BCUT2D eigenvalue weighted by molar-refractivity contribution is -0.136. The highest BCUT2D eigenvalue weighted by atomic mass is 16.5. The topological polar surface area (TPSA) is 83.7 Å². The summed E-state index contributed by atoms with van der Waals surface area (Å²) in [4.78, 5) is 31.4. The van der Waals surface area contributed by atoms with Crippen LogP contribution >= 0.6 is 0 Å². The zero-order chi connectivity index (χ0) is 24.1. The van der Waals surface area contributed by atoms with Crippen molar-refractivity contribution in [2.45, 2.75) is 12.5 Å². The second kappa shape index (κ2) is 10.1. The minimum atomic E-state index is -0.828. The third kappa shape index (κ3) is 4.88. The lowest BCUT2D eigenvalue weighted by Crippen LogP contribution is -2.39. The largest absolute Gasteiger partial charge is 0.497 e. The van der Waals surface area contributed by atoms with E-state index in [0.29, 0.717) is 22.7 Å². The average molecular weight is 458 g/mol.